The summed E-state index contributed by atoms with van der Waals surface area (Å²) in [6.07, 6.45) is 3.28. The van der Waals surface area contributed by atoms with Crippen LogP contribution in [0.15, 0.2) is 42.7 Å². The average Bonchev–Trinajstić information content (AvgIpc) is 2.56. The van der Waals surface area contributed by atoms with Crippen LogP contribution >= 0.6 is 0 Å². The predicted molar refractivity (Wildman–Crippen MR) is 81.6 cm³/mol. The maximum atomic E-state index is 12.6. The summed E-state index contributed by atoms with van der Waals surface area (Å²) >= 11 is 0. The lowest BCUT2D eigenvalue weighted by atomic mass is 10.00. The number of nitrogens with zero attached hydrogens (tertiary/aromatic N) is 3. The minimum atomic E-state index is -0.0209. The molecule has 4 heteroatoms. The molecular formula is C17H17N3O. The van der Waals surface area contributed by atoms with Gasteiger partial charge in [-0.2, -0.15) is 5.26 Å². The first-order valence-electron chi connectivity index (χ1n) is 6.95. The number of amides is 1. The summed E-state index contributed by atoms with van der Waals surface area (Å²) in [5.74, 6) is -0.0209. The highest BCUT2D eigenvalue weighted by Gasteiger charge is 2.17. The Morgan fingerprint density at radius 1 is 1.19 bits per heavy atom. The minimum absolute atomic E-state index is 0.0209. The number of nitriles is 1. The van der Waals surface area contributed by atoms with E-state index in [4.69, 9.17) is 5.26 Å². The van der Waals surface area contributed by atoms with Crippen LogP contribution in [0.2, 0.25) is 0 Å². The third kappa shape index (κ3) is 3.09. The van der Waals surface area contributed by atoms with Crippen molar-refractivity contribution in [2.24, 2.45) is 0 Å². The van der Waals surface area contributed by atoms with E-state index in [1.807, 2.05) is 32.0 Å². The lowest BCUT2D eigenvalue weighted by molar-refractivity contribution is 0.0773. The maximum Gasteiger partial charge on any atom is 0.256 e. The Bertz CT molecular complexity index is 667. The molecule has 21 heavy (non-hydrogen) atoms. The smallest absolute Gasteiger partial charge is 0.256 e. The van der Waals surface area contributed by atoms with Crippen LogP contribution in [0.5, 0.6) is 0 Å². The molecule has 0 aliphatic heterocycles. The van der Waals surface area contributed by atoms with Gasteiger partial charge in [-0.25, -0.2) is 0 Å². The van der Waals surface area contributed by atoms with Crippen molar-refractivity contribution in [1.29, 1.82) is 5.26 Å². The van der Waals surface area contributed by atoms with E-state index < -0.39 is 0 Å². The van der Waals surface area contributed by atoms with Crippen molar-refractivity contribution in [2.75, 3.05) is 13.1 Å². The standard InChI is InChI=1S/C17H17N3O/c1-3-20(4-2)17(21)16-12-19-10-9-15(16)14-7-5-13(11-18)6-8-14/h5-10,12H,3-4H2,1-2H3. The summed E-state index contributed by atoms with van der Waals surface area (Å²) < 4.78 is 0. The molecular weight excluding hydrogens is 262 g/mol. The number of pyridine rings is 1. The predicted octanol–water partition coefficient (Wildman–Crippen LogP) is 3.10. The molecule has 2 rings (SSSR count). The number of aromatic nitrogens is 1. The Morgan fingerprint density at radius 3 is 2.43 bits per heavy atom. The fourth-order valence-corrected chi connectivity index (χ4v) is 2.22. The highest BCUT2D eigenvalue weighted by Crippen LogP contribution is 2.24. The Kier molecular flexibility index (Phi) is 4.68. The van der Waals surface area contributed by atoms with Gasteiger partial charge in [0.1, 0.15) is 0 Å². The molecule has 106 valence electrons. The van der Waals surface area contributed by atoms with E-state index in [9.17, 15) is 4.79 Å². The molecule has 0 aliphatic rings. The van der Waals surface area contributed by atoms with E-state index in [0.29, 0.717) is 24.2 Å². The second-order valence-electron chi connectivity index (χ2n) is 4.59. The van der Waals surface area contributed by atoms with E-state index in [1.54, 1.807) is 29.4 Å². The number of hydrogen-bond acceptors (Lipinski definition) is 3. The van der Waals surface area contributed by atoms with Gasteiger partial charge in [-0.1, -0.05) is 12.1 Å². The fourth-order valence-electron chi connectivity index (χ4n) is 2.22. The third-order valence-electron chi connectivity index (χ3n) is 3.43. The number of carbonyl (C=O) groups excluding carboxylic acids is 1. The first kappa shape index (κ1) is 14.7. The monoisotopic (exact) mass is 279 g/mol. The fraction of sp³-hybridized carbons (Fsp3) is 0.235. The molecule has 0 N–H and O–H groups in total. The van der Waals surface area contributed by atoms with Gasteiger partial charge in [0.2, 0.25) is 0 Å². The van der Waals surface area contributed by atoms with Gasteiger partial charge in [0.15, 0.2) is 0 Å². The molecule has 0 spiro atoms. The first-order valence-corrected chi connectivity index (χ1v) is 6.95. The Labute approximate surface area is 124 Å². The van der Waals surface area contributed by atoms with E-state index in [1.165, 1.54) is 0 Å². The van der Waals surface area contributed by atoms with Gasteiger partial charge in [-0.15, -0.1) is 0 Å². The molecule has 2 aromatic rings. The van der Waals surface area contributed by atoms with Gasteiger partial charge in [-0.3, -0.25) is 9.78 Å². The number of hydrogen-bond donors (Lipinski definition) is 0. The molecule has 0 radical (unpaired) electrons. The molecule has 1 heterocycles. The SMILES string of the molecule is CCN(CC)C(=O)c1cnccc1-c1ccc(C#N)cc1. The molecule has 0 saturated carbocycles. The molecule has 4 nitrogen and oxygen atoms in total. The van der Waals surface area contributed by atoms with Crippen molar-refractivity contribution in [2.45, 2.75) is 13.8 Å². The normalized spacial score (nSPS) is 9.95. The quantitative estimate of drug-likeness (QED) is 0.864. The molecule has 1 aromatic carbocycles. The largest absolute Gasteiger partial charge is 0.339 e. The van der Waals surface area contributed by atoms with Gasteiger partial charge in [-0.05, 0) is 43.2 Å². The number of rotatable bonds is 4. The molecule has 0 unspecified atom stereocenters. The van der Waals surface area contributed by atoms with E-state index in [-0.39, 0.29) is 5.91 Å². The van der Waals surface area contributed by atoms with Crippen LogP contribution in [0.25, 0.3) is 11.1 Å². The summed E-state index contributed by atoms with van der Waals surface area (Å²) in [6, 6.07) is 11.1. The zero-order valence-electron chi connectivity index (χ0n) is 12.2. The summed E-state index contributed by atoms with van der Waals surface area (Å²) in [5.41, 5.74) is 2.94. The zero-order valence-corrected chi connectivity index (χ0v) is 12.2. The third-order valence-corrected chi connectivity index (χ3v) is 3.43. The minimum Gasteiger partial charge on any atom is -0.339 e. The lowest BCUT2D eigenvalue weighted by Crippen LogP contribution is -2.30. The first-order chi connectivity index (χ1) is 10.2. The van der Waals surface area contributed by atoms with Crippen LogP contribution in [0.3, 0.4) is 0 Å². The highest BCUT2D eigenvalue weighted by molar-refractivity contribution is 6.00. The molecule has 0 atom stereocenters. The van der Waals surface area contributed by atoms with Crippen LogP contribution in [0.1, 0.15) is 29.8 Å². The van der Waals surface area contributed by atoms with Crippen molar-refractivity contribution in [1.82, 2.24) is 9.88 Å². The van der Waals surface area contributed by atoms with E-state index in [0.717, 1.165) is 11.1 Å². The topological polar surface area (TPSA) is 57.0 Å². The Morgan fingerprint density at radius 2 is 1.86 bits per heavy atom. The van der Waals surface area contributed by atoms with Crippen molar-refractivity contribution >= 4 is 5.91 Å². The molecule has 0 aliphatic carbocycles. The van der Waals surface area contributed by atoms with Crippen molar-refractivity contribution in [3.63, 3.8) is 0 Å². The Balaban J connectivity index is 2.45. The van der Waals surface area contributed by atoms with Crippen LogP contribution < -0.4 is 0 Å². The summed E-state index contributed by atoms with van der Waals surface area (Å²) in [7, 11) is 0. The van der Waals surface area contributed by atoms with Gasteiger partial charge >= 0.3 is 0 Å². The molecule has 0 fully saturated rings. The van der Waals surface area contributed by atoms with Crippen molar-refractivity contribution in [3.05, 3.63) is 53.9 Å². The van der Waals surface area contributed by atoms with Gasteiger partial charge in [0.05, 0.1) is 17.2 Å². The van der Waals surface area contributed by atoms with Crippen molar-refractivity contribution in [3.8, 4) is 17.2 Å². The second-order valence-corrected chi connectivity index (χ2v) is 4.59. The maximum absolute atomic E-state index is 12.6. The van der Waals surface area contributed by atoms with Gasteiger partial charge < -0.3 is 4.90 Å². The van der Waals surface area contributed by atoms with E-state index in [2.05, 4.69) is 11.1 Å². The van der Waals surface area contributed by atoms with Crippen LogP contribution in [0.4, 0.5) is 0 Å². The van der Waals surface area contributed by atoms with Crippen molar-refractivity contribution < 1.29 is 4.79 Å². The Hall–Kier alpha value is -2.67. The second kappa shape index (κ2) is 6.67. The molecule has 1 amide bonds. The van der Waals surface area contributed by atoms with Crippen LogP contribution in [0, 0.1) is 11.3 Å². The summed E-state index contributed by atoms with van der Waals surface area (Å²) in [4.78, 5) is 18.4. The van der Waals surface area contributed by atoms with Gasteiger partial charge in [0, 0.05) is 25.5 Å². The zero-order chi connectivity index (χ0) is 15.2. The number of benzene rings is 1. The molecule has 0 bridgehead atoms. The van der Waals surface area contributed by atoms with Gasteiger partial charge in [0.25, 0.3) is 5.91 Å². The molecule has 0 saturated heterocycles. The van der Waals surface area contributed by atoms with Crippen LogP contribution in [-0.4, -0.2) is 28.9 Å². The summed E-state index contributed by atoms with van der Waals surface area (Å²) in [6.45, 7) is 5.24. The average molecular weight is 279 g/mol. The lowest BCUT2D eigenvalue weighted by Gasteiger charge is -2.20. The number of carbonyl (C=O) groups is 1. The molecule has 1 aromatic heterocycles. The summed E-state index contributed by atoms with van der Waals surface area (Å²) in [5, 5.41) is 8.86. The van der Waals surface area contributed by atoms with Crippen LogP contribution in [-0.2, 0) is 0 Å². The van der Waals surface area contributed by atoms with E-state index >= 15 is 0 Å². The highest BCUT2D eigenvalue weighted by atomic mass is 16.2.